The lowest BCUT2D eigenvalue weighted by Crippen LogP contribution is -2.54. The number of hydrogen-bond donors (Lipinski definition) is 1. The zero-order valence-corrected chi connectivity index (χ0v) is 14.4. The predicted octanol–water partition coefficient (Wildman–Crippen LogP) is 3.19. The van der Waals surface area contributed by atoms with E-state index in [0.29, 0.717) is 43.9 Å². The van der Waals surface area contributed by atoms with Gasteiger partial charge in [-0.1, -0.05) is 18.2 Å². The molecule has 140 valence electrons. The van der Waals surface area contributed by atoms with Crippen molar-refractivity contribution >= 4 is 6.29 Å². The zero-order valence-electron chi connectivity index (χ0n) is 14.4. The van der Waals surface area contributed by atoms with Crippen LogP contribution in [0.15, 0.2) is 42.0 Å². The number of aldehydes is 1. The number of likely N-dealkylation sites (tertiary alicyclic amines) is 1. The molecule has 2 aliphatic rings. The van der Waals surface area contributed by atoms with E-state index in [-0.39, 0.29) is 18.0 Å². The summed E-state index contributed by atoms with van der Waals surface area (Å²) in [6.07, 6.45) is 0.938. The lowest BCUT2D eigenvalue weighted by molar-refractivity contribution is -0.123. The number of nitriles is 1. The molecule has 0 amide bonds. The number of hydrogen-bond acceptors (Lipinski definition) is 4. The van der Waals surface area contributed by atoms with Gasteiger partial charge in [-0.3, -0.25) is 9.69 Å². The van der Waals surface area contributed by atoms with Crippen molar-refractivity contribution < 1.29 is 18.0 Å². The van der Waals surface area contributed by atoms with Gasteiger partial charge in [0.2, 0.25) is 0 Å². The van der Waals surface area contributed by atoms with Crippen molar-refractivity contribution in [3.63, 3.8) is 0 Å². The second kappa shape index (κ2) is 8.47. The van der Waals surface area contributed by atoms with Crippen molar-refractivity contribution in [2.75, 3.05) is 13.1 Å². The fourth-order valence-corrected chi connectivity index (χ4v) is 3.22. The molecule has 3 rings (SSSR count). The number of nitrogens with two attached hydrogens (primary N) is 1. The van der Waals surface area contributed by atoms with Gasteiger partial charge in [0, 0.05) is 25.6 Å². The Balaban J connectivity index is 0.000000254. The summed E-state index contributed by atoms with van der Waals surface area (Å²) in [5.41, 5.74) is 6.26. The number of nitrogens with zero attached hydrogens (tertiary/aromatic N) is 2. The van der Waals surface area contributed by atoms with E-state index in [9.17, 15) is 18.0 Å². The molecular weight excluding hydrogens is 343 g/mol. The quantitative estimate of drug-likeness (QED) is 0.645. The van der Waals surface area contributed by atoms with Crippen LogP contribution >= 0.6 is 0 Å². The molecule has 1 aromatic rings. The van der Waals surface area contributed by atoms with Crippen molar-refractivity contribution in [1.29, 1.82) is 5.26 Å². The molecule has 2 N–H and O–H groups in total. The van der Waals surface area contributed by atoms with E-state index in [4.69, 9.17) is 11.0 Å². The zero-order chi connectivity index (χ0) is 19.2. The number of alkyl halides is 3. The second-order valence-corrected chi connectivity index (χ2v) is 6.67. The van der Waals surface area contributed by atoms with Gasteiger partial charge in [-0.05, 0) is 36.6 Å². The average Bonchev–Trinajstić information content (AvgIpc) is 2.61. The number of benzene rings is 1. The topological polar surface area (TPSA) is 70.1 Å². The minimum Gasteiger partial charge on any atom is -0.328 e. The molecule has 1 atom stereocenters. The molecule has 0 bridgehead atoms. The Morgan fingerprint density at radius 3 is 2.31 bits per heavy atom. The molecule has 1 aliphatic carbocycles. The molecule has 1 saturated heterocycles. The van der Waals surface area contributed by atoms with Gasteiger partial charge in [0.15, 0.2) is 5.79 Å². The van der Waals surface area contributed by atoms with Crippen molar-refractivity contribution in [2.45, 2.75) is 43.4 Å². The van der Waals surface area contributed by atoms with Crippen LogP contribution in [0.3, 0.4) is 0 Å². The summed E-state index contributed by atoms with van der Waals surface area (Å²) in [5, 5.41) is 8.29. The maximum Gasteiger partial charge on any atom is 0.271 e. The number of carbonyl (C=O) groups excluding carboxylic acids is 1. The molecule has 0 spiro atoms. The molecule has 0 saturated carbocycles. The highest BCUT2D eigenvalue weighted by Gasteiger charge is 2.49. The first kappa shape index (κ1) is 20.1. The molecule has 1 aliphatic heterocycles. The normalized spacial score (nSPS) is 26.0. The second-order valence-electron chi connectivity index (χ2n) is 6.67. The minimum atomic E-state index is -3.26. The van der Waals surface area contributed by atoms with Crippen LogP contribution in [0.25, 0.3) is 0 Å². The highest BCUT2D eigenvalue weighted by atomic mass is 19.3. The maximum absolute atomic E-state index is 14.7. The van der Waals surface area contributed by atoms with Gasteiger partial charge in [0.25, 0.3) is 5.92 Å². The van der Waals surface area contributed by atoms with Crippen molar-refractivity contribution in [2.24, 2.45) is 5.73 Å². The van der Waals surface area contributed by atoms with E-state index in [1.807, 2.05) is 24.3 Å². The van der Waals surface area contributed by atoms with Crippen LogP contribution in [0.1, 0.15) is 31.2 Å². The van der Waals surface area contributed by atoms with Gasteiger partial charge >= 0.3 is 0 Å². The van der Waals surface area contributed by atoms with Crippen LogP contribution in [-0.2, 0) is 4.79 Å². The van der Waals surface area contributed by atoms with E-state index >= 15 is 0 Å². The standard InChI is InChI=1S/C12H17F3N2O.C7H5N/c13-11(14)5-9(7-18)6-12(15,8-11)17-3-1-10(16)2-4-17;8-6-7-4-2-1-3-5-7/h5,7,10H,1-4,6,8,16H2;1-5H. The molecule has 4 nitrogen and oxygen atoms in total. The van der Waals surface area contributed by atoms with Crippen LogP contribution in [0, 0.1) is 11.3 Å². The Hall–Kier alpha value is -2.17. The number of halogens is 3. The Morgan fingerprint density at radius 2 is 1.81 bits per heavy atom. The van der Waals surface area contributed by atoms with E-state index in [2.05, 4.69) is 0 Å². The van der Waals surface area contributed by atoms with Crippen molar-refractivity contribution in [3.8, 4) is 6.07 Å². The fraction of sp³-hybridized carbons (Fsp3) is 0.474. The lowest BCUT2D eigenvalue weighted by atomic mass is 9.87. The van der Waals surface area contributed by atoms with Gasteiger partial charge in [-0.25, -0.2) is 13.2 Å². The molecule has 26 heavy (non-hydrogen) atoms. The number of carbonyl (C=O) groups is 1. The SMILES string of the molecule is N#Cc1ccccc1.NC1CCN(C2(F)CC(C=O)=CC(F)(F)C2)CC1. The average molecular weight is 365 g/mol. The smallest absolute Gasteiger partial charge is 0.271 e. The fourth-order valence-electron chi connectivity index (χ4n) is 3.22. The van der Waals surface area contributed by atoms with Crippen molar-refractivity contribution in [3.05, 3.63) is 47.5 Å². The van der Waals surface area contributed by atoms with Crippen LogP contribution in [-0.4, -0.2) is 42.0 Å². The van der Waals surface area contributed by atoms with Crippen LogP contribution < -0.4 is 5.73 Å². The highest BCUT2D eigenvalue weighted by molar-refractivity contribution is 5.74. The Kier molecular flexibility index (Phi) is 6.57. The molecule has 1 heterocycles. The number of piperidine rings is 1. The first-order chi connectivity index (χ1) is 12.3. The monoisotopic (exact) mass is 365 g/mol. The van der Waals surface area contributed by atoms with Crippen LogP contribution in [0.5, 0.6) is 0 Å². The Bertz CT molecular complexity index is 679. The van der Waals surface area contributed by atoms with E-state index in [0.717, 1.165) is 0 Å². The summed E-state index contributed by atoms with van der Waals surface area (Å²) < 4.78 is 41.6. The van der Waals surface area contributed by atoms with Crippen LogP contribution in [0.4, 0.5) is 13.2 Å². The summed E-state index contributed by atoms with van der Waals surface area (Å²) in [6, 6.07) is 11.2. The predicted molar refractivity (Wildman–Crippen MR) is 92.1 cm³/mol. The summed E-state index contributed by atoms with van der Waals surface area (Å²) in [6.45, 7) is 0.722. The molecule has 7 heteroatoms. The van der Waals surface area contributed by atoms with Gasteiger partial charge < -0.3 is 5.73 Å². The Morgan fingerprint density at radius 1 is 1.19 bits per heavy atom. The third-order valence-electron chi connectivity index (χ3n) is 4.54. The molecule has 1 unspecified atom stereocenters. The third-order valence-corrected chi connectivity index (χ3v) is 4.54. The summed E-state index contributed by atoms with van der Waals surface area (Å²) >= 11 is 0. The third kappa shape index (κ3) is 5.41. The largest absolute Gasteiger partial charge is 0.328 e. The van der Waals surface area contributed by atoms with Gasteiger partial charge in [-0.2, -0.15) is 5.26 Å². The van der Waals surface area contributed by atoms with Crippen molar-refractivity contribution in [1.82, 2.24) is 4.90 Å². The highest BCUT2D eigenvalue weighted by Crippen LogP contribution is 2.42. The summed E-state index contributed by atoms with van der Waals surface area (Å²) in [7, 11) is 0. The lowest BCUT2D eigenvalue weighted by Gasteiger charge is -2.44. The van der Waals surface area contributed by atoms with Gasteiger partial charge in [0.05, 0.1) is 18.1 Å². The first-order valence-electron chi connectivity index (χ1n) is 8.47. The summed E-state index contributed by atoms with van der Waals surface area (Å²) in [5.74, 6) is -5.39. The molecule has 0 aromatic heterocycles. The minimum absolute atomic E-state index is 0.00929. The molecule has 1 fully saturated rings. The van der Waals surface area contributed by atoms with E-state index in [1.165, 1.54) is 4.90 Å². The molecular formula is C19H22F3N3O. The number of allylic oxidation sites excluding steroid dienone is 1. The first-order valence-corrected chi connectivity index (χ1v) is 8.47. The molecule has 0 radical (unpaired) electrons. The van der Waals surface area contributed by atoms with Gasteiger partial charge in [0.1, 0.15) is 6.29 Å². The van der Waals surface area contributed by atoms with E-state index in [1.54, 1.807) is 12.1 Å². The Labute approximate surface area is 151 Å². The maximum atomic E-state index is 14.7. The van der Waals surface area contributed by atoms with E-state index < -0.39 is 18.1 Å². The molecule has 1 aromatic carbocycles. The summed E-state index contributed by atoms with van der Waals surface area (Å²) in [4.78, 5) is 12.1. The number of rotatable bonds is 2. The van der Waals surface area contributed by atoms with Gasteiger partial charge in [-0.15, -0.1) is 0 Å². The van der Waals surface area contributed by atoms with Crippen LogP contribution in [0.2, 0.25) is 0 Å².